The van der Waals surface area contributed by atoms with Crippen molar-refractivity contribution in [2.24, 2.45) is 5.73 Å². The average molecular weight is 646 g/mol. The van der Waals surface area contributed by atoms with Crippen LogP contribution in [0.2, 0.25) is 0 Å². The smallest absolute Gasteiger partial charge is 0.329 e. The van der Waals surface area contributed by atoms with Gasteiger partial charge in [0.2, 0.25) is 0 Å². The summed E-state index contributed by atoms with van der Waals surface area (Å²) in [7, 11) is 0. The normalized spacial score (nSPS) is 12.0. The molecule has 47 heavy (non-hydrogen) atoms. The Bertz CT molecular complexity index is 1610. The van der Waals surface area contributed by atoms with Crippen LogP contribution in [-0.2, 0) is 31.9 Å². The molecule has 12 nitrogen and oxygen atoms in total. The molecule has 0 aliphatic heterocycles. The van der Waals surface area contributed by atoms with Crippen LogP contribution in [0.3, 0.4) is 0 Å². The molecule has 3 rings (SSSR count). The molecule has 12 heteroatoms. The highest BCUT2D eigenvalue weighted by Gasteiger charge is 2.26. The zero-order valence-corrected chi connectivity index (χ0v) is 27.6. The summed E-state index contributed by atoms with van der Waals surface area (Å²) in [5.74, 6) is -1.85. The van der Waals surface area contributed by atoms with Crippen molar-refractivity contribution in [1.29, 1.82) is 0 Å². The van der Waals surface area contributed by atoms with Gasteiger partial charge in [0.25, 0.3) is 11.8 Å². The zero-order chi connectivity index (χ0) is 34.9. The summed E-state index contributed by atoms with van der Waals surface area (Å²) < 4.78 is 10.7. The van der Waals surface area contributed by atoms with Crippen molar-refractivity contribution in [3.05, 3.63) is 89.0 Å². The Hall–Kier alpha value is -5.39. The van der Waals surface area contributed by atoms with Crippen LogP contribution in [-0.4, -0.2) is 47.0 Å². The van der Waals surface area contributed by atoms with Gasteiger partial charge in [-0.2, -0.15) is 0 Å². The third-order valence-corrected chi connectivity index (χ3v) is 6.39. The van der Waals surface area contributed by atoms with Gasteiger partial charge in [0.1, 0.15) is 17.2 Å². The second-order valence-electron chi connectivity index (χ2n) is 13.0. The molecule has 0 bridgehead atoms. The first-order valence-electron chi connectivity index (χ1n) is 15.1. The van der Waals surface area contributed by atoms with E-state index in [0.29, 0.717) is 23.4 Å². The number of hydrogen-bond acceptors (Lipinski definition) is 8. The summed E-state index contributed by atoms with van der Waals surface area (Å²) in [6.07, 6.45) is 0.859. The molecule has 0 aliphatic rings. The van der Waals surface area contributed by atoms with Gasteiger partial charge in [-0.1, -0.05) is 24.3 Å². The van der Waals surface area contributed by atoms with Gasteiger partial charge in [0.05, 0.1) is 0 Å². The molecule has 7 N–H and O–H groups in total. The number of esters is 2. The lowest BCUT2D eigenvalue weighted by molar-refractivity contribution is -0.157. The van der Waals surface area contributed by atoms with E-state index in [0.717, 1.165) is 5.56 Å². The van der Waals surface area contributed by atoms with Gasteiger partial charge in [-0.3, -0.25) is 14.4 Å². The van der Waals surface area contributed by atoms with E-state index in [-0.39, 0.29) is 35.6 Å². The van der Waals surface area contributed by atoms with Crippen LogP contribution in [0, 0.1) is 0 Å². The van der Waals surface area contributed by atoms with Gasteiger partial charge >= 0.3 is 18.0 Å². The maximum atomic E-state index is 13.1. The Morgan fingerprint density at radius 3 is 1.62 bits per heavy atom. The van der Waals surface area contributed by atoms with Crippen LogP contribution < -0.4 is 27.4 Å². The molecule has 0 spiro atoms. The summed E-state index contributed by atoms with van der Waals surface area (Å²) in [6, 6.07) is 16.3. The summed E-state index contributed by atoms with van der Waals surface area (Å²) >= 11 is 0. The number of ether oxygens (including phenoxy) is 2. The van der Waals surface area contributed by atoms with Crippen molar-refractivity contribution >= 4 is 46.8 Å². The first kappa shape index (κ1) is 36.1. The Kier molecular flexibility index (Phi) is 11.7. The molecule has 0 fully saturated rings. The molecule has 1 unspecified atom stereocenters. The minimum atomic E-state index is -0.994. The van der Waals surface area contributed by atoms with Crippen molar-refractivity contribution in [3.8, 4) is 0 Å². The number of rotatable bonds is 11. The van der Waals surface area contributed by atoms with Gasteiger partial charge in [-0.05, 0) is 102 Å². The number of nitrogens with two attached hydrogens (primary N) is 2. The molecule has 250 valence electrons. The van der Waals surface area contributed by atoms with E-state index < -0.39 is 41.1 Å². The van der Waals surface area contributed by atoms with Crippen molar-refractivity contribution in [3.63, 3.8) is 0 Å². The number of urea groups is 1. The quantitative estimate of drug-likeness (QED) is 0.143. The number of hydrogen-bond donors (Lipinski definition) is 5. The molecule has 0 saturated heterocycles. The van der Waals surface area contributed by atoms with E-state index >= 15 is 0 Å². The van der Waals surface area contributed by atoms with Gasteiger partial charge in [0, 0.05) is 41.0 Å². The molecule has 0 heterocycles. The molecule has 0 radical (unpaired) electrons. The topological polar surface area (TPSA) is 192 Å². The van der Waals surface area contributed by atoms with Crippen LogP contribution in [0.5, 0.6) is 0 Å². The maximum Gasteiger partial charge on any atom is 0.329 e. The van der Waals surface area contributed by atoms with Crippen LogP contribution in [0.25, 0.3) is 0 Å². The molecule has 0 aliphatic carbocycles. The molecule has 3 aromatic carbocycles. The summed E-state index contributed by atoms with van der Waals surface area (Å²) in [5, 5.41) is 7.96. The highest BCUT2D eigenvalue weighted by atomic mass is 16.6. The van der Waals surface area contributed by atoms with E-state index in [1.807, 2.05) is 32.9 Å². The number of carbonyl (C=O) groups excluding carboxylic acids is 5. The number of nitrogen functional groups attached to an aromatic ring is 1. The predicted molar refractivity (Wildman–Crippen MR) is 180 cm³/mol. The summed E-state index contributed by atoms with van der Waals surface area (Å²) in [4.78, 5) is 62.1. The minimum Gasteiger partial charge on any atom is -0.460 e. The van der Waals surface area contributed by atoms with Gasteiger partial charge in [-0.25, -0.2) is 9.59 Å². The number of amides is 4. The third kappa shape index (κ3) is 12.5. The Balaban J connectivity index is 1.62. The lowest BCUT2D eigenvalue weighted by Gasteiger charge is -2.24. The van der Waals surface area contributed by atoms with Gasteiger partial charge in [0.15, 0.2) is 0 Å². The van der Waals surface area contributed by atoms with Gasteiger partial charge < -0.3 is 36.9 Å². The number of primary amides is 1. The van der Waals surface area contributed by atoms with Crippen LogP contribution in [0.4, 0.5) is 21.9 Å². The monoisotopic (exact) mass is 645 g/mol. The Labute approximate surface area is 274 Å². The van der Waals surface area contributed by atoms with E-state index in [2.05, 4.69) is 16.0 Å². The molecule has 1 atom stereocenters. The van der Waals surface area contributed by atoms with E-state index in [4.69, 9.17) is 20.9 Å². The fourth-order valence-electron chi connectivity index (χ4n) is 4.41. The first-order chi connectivity index (χ1) is 21.9. The van der Waals surface area contributed by atoms with E-state index in [1.165, 1.54) is 18.2 Å². The second-order valence-corrected chi connectivity index (χ2v) is 13.0. The van der Waals surface area contributed by atoms with Crippen molar-refractivity contribution in [1.82, 2.24) is 5.32 Å². The largest absolute Gasteiger partial charge is 0.460 e. The highest BCUT2D eigenvalue weighted by Crippen LogP contribution is 2.19. The molecule has 3 aromatic rings. The lowest BCUT2D eigenvalue weighted by atomic mass is 10.0. The molecule has 4 amide bonds. The van der Waals surface area contributed by atoms with Crippen molar-refractivity contribution in [2.75, 3.05) is 16.4 Å². The van der Waals surface area contributed by atoms with Crippen molar-refractivity contribution < 1.29 is 33.4 Å². The fraction of sp³-hybridized carbons (Fsp3) is 0.343. The van der Waals surface area contributed by atoms with Crippen LogP contribution >= 0.6 is 0 Å². The van der Waals surface area contributed by atoms with Crippen LogP contribution in [0.15, 0.2) is 66.7 Å². The first-order valence-corrected chi connectivity index (χ1v) is 15.1. The average Bonchev–Trinajstić information content (AvgIpc) is 2.95. The molecular weight excluding hydrogens is 602 g/mol. The molecule has 0 saturated carbocycles. The Morgan fingerprint density at radius 1 is 0.702 bits per heavy atom. The minimum absolute atomic E-state index is 0.120. The number of aryl methyl sites for hydroxylation is 1. The highest BCUT2D eigenvalue weighted by molar-refractivity contribution is 6.09. The summed E-state index contributed by atoms with van der Waals surface area (Å²) in [6.45, 7) is 10.6. The number of benzene rings is 3. The van der Waals surface area contributed by atoms with Crippen LogP contribution in [0.1, 0.15) is 79.8 Å². The van der Waals surface area contributed by atoms with Crippen molar-refractivity contribution in [2.45, 2.75) is 78.0 Å². The SMILES string of the molecule is CC(C)(C)OC(=O)CCc1ccc(NC(=O)c2cc(N)cc(C(=O)Nc3ccc(CC(NC(N)=O)C(=O)OC(C)(C)C)cc3)c2)cc1. The lowest BCUT2D eigenvalue weighted by Crippen LogP contribution is -2.47. The summed E-state index contributed by atoms with van der Waals surface area (Å²) in [5.41, 5.74) is 13.2. The number of anilines is 3. The molecule has 0 aromatic heterocycles. The van der Waals surface area contributed by atoms with Gasteiger partial charge in [-0.15, -0.1) is 0 Å². The second kappa shape index (κ2) is 15.3. The standard InChI is InChI=1S/C35H43N5O7/c1-34(2,3)46-29(41)16-11-21-7-12-26(13-8-21)38-30(42)23-18-24(20-25(36)19-23)31(43)39-27-14-9-22(10-15-27)17-28(40-33(37)45)32(44)47-35(4,5)6/h7-10,12-15,18-20,28H,11,16-17,36H2,1-6H3,(H,38,42)(H,39,43)(H3,37,40,45). The van der Waals surface area contributed by atoms with E-state index in [9.17, 15) is 24.0 Å². The van der Waals surface area contributed by atoms with E-state index in [1.54, 1.807) is 57.2 Å². The molecular formula is C35H43N5O7. The maximum absolute atomic E-state index is 13.1. The predicted octanol–water partition coefficient (Wildman–Crippen LogP) is 4.97. The third-order valence-electron chi connectivity index (χ3n) is 6.39. The fourth-order valence-corrected chi connectivity index (χ4v) is 4.41. The number of nitrogens with one attached hydrogen (secondary N) is 3. The number of carbonyl (C=O) groups is 5. The zero-order valence-electron chi connectivity index (χ0n) is 27.6. The Morgan fingerprint density at radius 2 is 1.17 bits per heavy atom.